The van der Waals surface area contributed by atoms with Crippen molar-refractivity contribution in [3.8, 4) is 11.5 Å². The Morgan fingerprint density at radius 3 is 2.16 bits per heavy atom. The lowest BCUT2D eigenvalue weighted by atomic mass is 10.1. The summed E-state index contributed by atoms with van der Waals surface area (Å²) in [6.45, 7) is 1.81. The van der Waals surface area contributed by atoms with Crippen molar-refractivity contribution < 1.29 is 17.9 Å². The van der Waals surface area contributed by atoms with Crippen LogP contribution >= 0.6 is 0 Å². The number of fused-ring (bicyclic) bond motifs is 1. The van der Waals surface area contributed by atoms with Gasteiger partial charge in [0, 0.05) is 6.07 Å². The van der Waals surface area contributed by atoms with Crippen molar-refractivity contribution in [3.05, 3.63) is 60.2 Å². The number of nitrogens with one attached hydrogen (secondary N) is 1. The highest BCUT2D eigenvalue weighted by molar-refractivity contribution is 7.92. The summed E-state index contributed by atoms with van der Waals surface area (Å²) in [5.41, 5.74) is 1.19. The van der Waals surface area contributed by atoms with Gasteiger partial charge in [-0.1, -0.05) is 30.3 Å². The number of anilines is 1. The number of rotatable bonds is 5. The highest BCUT2D eigenvalue weighted by Gasteiger charge is 2.17. The van der Waals surface area contributed by atoms with Gasteiger partial charge in [-0.15, -0.1) is 0 Å². The molecule has 0 aliphatic heterocycles. The van der Waals surface area contributed by atoms with E-state index in [1.54, 1.807) is 37.3 Å². The van der Waals surface area contributed by atoms with Gasteiger partial charge < -0.3 is 9.47 Å². The minimum absolute atomic E-state index is 0.209. The fourth-order valence-electron chi connectivity index (χ4n) is 2.63. The second-order valence-electron chi connectivity index (χ2n) is 5.64. The van der Waals surface area contributed by atoms with E-state index in [0.29, 0.717) is 17.2 Å². The summed E-state index contributed by atoms with van der Waals surface area (Å²) in [4.78, 5) is 0.209. The largest absolute Gasteiger partial charge is 0.493 e. The van der Waals surface area contributed by atoms with Crippen LogP contribution in [0.5, 0.6) is 11.5 Å². The van der Waals surface area contributed by atoms with Crippen molar-refractivity contribution in [3.63, 3.8) is 0 Å². The molecule has 5 nitrogen and oxygen atoms in total. The zero-order valence-electron chi connectivity index (χ0n) is 14.2. The molecule has 0 amide bonds. The van der Waals surface area contributed by atoms with Gasteiger partial charge in [-0.3, -0.25) is 4.72 Å². The van der Waals surface area contributed by atoms with E-state index < -0.39 is 10.0 Å². The highest BCUT2D eigenvalue weighted by atomic mass is 32.2. The monoisotopic (exact) mass is 357 g/mol. The Kier molecular flexibility index (Phi) is 4.55. The second-order valence-corrected chi connectivity index (χ2v) is 7.32. The first kappa shape index (κ1) is 17.1. The summed E-state index contributed by atoms with van der Waals surface area (Å²) < 4.78 is 38.6. The molecule has 0 heterocycles. The molecule has 0 fully saturated rings. The van der Waals surface area contributed by atoms with E-state index in [2.05, 4.69) is 4.72 Å². The van der Waals surface area contributed by atoms with Gasteiger partial charge in [0.15, 0.2) is 11.5 Å². The number of sulfonamides is 1. The average molecular weight is 357 g/mol. The maximum Gasteiger partial charge on any atom is 0.261 e. The van der Waals surface area contributed by atoms with Crippen LogP contribution < -0.4 is 14.2 Å². The lowest BCUT2D eigenvalue weighted by Gasteiger charge is -2.15. The molecule has 0 spiro atoms. The van der Waals surface area contributed by atoms with Crippen molar-refractivity contribution in [2.24, 2.45) is 0 Å². The Balaban J connectivity index is 2.00. The quantitative estimate of drug-likeness (QED) is 0.750. The van der Waals surface area contributed by atoms with Crippen molar-refractivity contribution in [2.45, 2.75) is 11.8 Å². The molecule has 0 aliphatic carbocycles. The maximum absolute atomic E-state index is 12.8. The molecule has 25 heavy (non-hydrogen) atoms. The Bertz CT molecular complexity index is 1030. The molecule has 6 heteroatoms. The predicted octanol–water partition coefficient (Wildman–Crippen LogP) is 3.97. The Morgan fingerprint density at radius 1 is 0.840 bits per heavy atom. The number of hydrogen-bond acceptors (Lipinski definition) is 4. The van der Waals surface area contributed by atoms with E-state index in [1.165, 1.54) is 14.2 Å². The van der Waals surface area contributed by atoms with Gasteiger partial charge in [0.1, 0.15) is 0 Å². The molecular formula is C19H19NO4S. The molecule has 0 saturated carbocycles. The van der Waals surface area contributed by atoms with Gasteiger partial charge in [0.05, 0.1) is 24.8 Å². The second kappa shape index (κ2) is 6.64. The molecule has 0 unspecified atom stereocenters. The summed E-state index contributed by atoms with van der Waals surface area (Å²) in [5, 5.41) is 1.86. The molecule has 3 aromatic rings. The summed E-state index contributed by atoms with van der Waals surface area (Å²) in [6.07, 6.45) is 0. The molecule has 130 valence electrons. The first-order valence-corrected chi connectivity index (χ1v) is 9.17. The number of aryl methyl sites for hydroxylation is 1. The number of ether oxygens (including phenoxy) is 2. The SMILES string of the molecule is COc1cc(C)c(NS(=O)(=O)c2ccc3ccccc3c2)cc1OC. The minimum Gasteiger partial charge on any atom is -0.493 e. The standard InChI is InChI=1S/C19H19NO4S/c1-13-10-18(23-2)19(24-3)12-17(13)20-25(21,22)16-9-8-14-6-4-5-7-15(14)11-16/h4-12,20H,1-3H3. The van der Waals surface area contributed by atoms with Crippen LogP contribution in [-0.2, 0) is 10.0 Å². The Morgan fingerprint density at radius 2 is 1.48 bits per heavy atom. The first-order chi connectivity index (χ1) is 11.9. The highest BCUT2D eigenvalue weighted by Crippen LogP contribution is 2.34. The summed E-state index contributed by atoms with van der Waals surface area (Å²) >= 11 is 0. The van der Waals surface area contributed by atoms with Crippen LogP contribution in [0.15, 0.2) is 59.5 Å². The Hall–Kier alpha value is -2.73. The number of methoxy groups -OCH3 is 2. The Labute approximate surface area is 147 Å². The van der Waals surface area contributed by atoms with Crippen LogP contribution in [0.25, 0.3) is 10.8 Å². The molecule has 0 aliphatic rings. The third-order valence-corrected chi connectivity index (χ3v) is 5.37. The van der Waals surface area contributed by atoms with Crippen LogP contribution in [0.3, 0.4) is 0 Å². The first-order valence-electron chi connectivity index (χ1n) is 7.69. The molecule has 3 rings (SSSR count). The third kappa shape index (κ3) is 3.39. The fraction of sp³-hybridized carbons (Fsp3) is 0.158. The molecule has 0 radical (unpaired) electrons. The lowest BCUT2D eigenvalue weighted by Crippen LogP contribution is -2.14. The van der Waals surface area contributed by atoms with Crippen molar-refractivity contribution in [2.75, 3.05) is 18.9 Å². The van der Waals surface area contributed by atoms with E-state index >= 15 is 0 Å². The molecule has 3 aromatic carbocycles. The summed E-state index contributed by atoms with van der Waals surface area (Å²) in [5.74, 6) is 1.01. The van der Waals surface area contributed by atoms with Crippen LogP contribution in [0.1, 0.15) is 5.56 Å². The van der Waals surface area contributed by atoms with Gasteiger partial charge >= 0.3 is 0 Å². The van der Waals surface area contributed by atoms with Gasteiger partial charge in [0.25, 0.3) is 10.0 Å². The van der Waals surface area contributed by atoms with Gasteiger partial charge in [-0.05, 0) is 41.5 Å². The van der Waals surface area contributed by atoms with Crippen molar-refractivity contribution in [1.29, 1.82) is 0 Å². The molecular weight excluding hydrogens is 338 g/mol. The van der Waals surface area contributed by atoms with Gasteiger partial charge in [0.2, 0.25) is 0 Å². The summed E-state index contributed by atoms with van der Waals surface area (Å²) in [7, 11) is -0.672. The molecule has 0 aromatic heterocycles. The van der Waals surface area contributed by atoms with Crippen LogP contribution in [0.2, 0.25) is 0 Å². The topological polar surface area (TPSA) is 64.6 Å². The van der Waals surface area contributed by atoms with E-state index in [4.69, 9.17) is 9.47 Å². The average Bonchev–Trinajstić information content (AvgIpc) is 2.62. The van der Waals surface area contributed by atoms with Crippen LogP contribution in [0.4, 0.5) is 5.69 Å². The smallest absolute Gasteiger partial charge is 0.261 e. The fourth-order valence-corrected chi connectivity index (χ4v) is 3.79. The normalized spacial score (nSPS) is 11.3. The van der Waals surface area contributed by atoms with E-state index in [-0.39, 0.29) is 4.90 Å². The lowest BCUT2D eigenvalue weighted by molar-refractivity contribution is 0.355. The minimum atomic E-state index is -3.72. The van der Waals surface area contributed by atoms with Crippen LogP contribution in [-0.4, -0.2) is 22.6 Å². The molecule has 1 N–H and O–H groups in total. The van der Waals surface area contributed by atoms with E-state index in [1.807, 2.05) is 24.3 Å². The van der Waals surface area contributed by atoms with E-state index in [9.17, 15) is 8.42 Å². The predicted molar refractivity (Wildman–Crippen MR) is 99.0 cm³/mol. The third-order valence-electron chi connectivity index (χ3n) is 4.01. The van der Waals surface area contributed by atoms with Crippen molar-refractivity contribution >= 4 is 26.5 Å². The van der Waals surface area contributed by atoms with E-state index in [0.717, 1.165) is 16.3 Å². The van der Waals surface area contributed by atoms with Gasteiger partial charge in [-0.2, -0.15) is 0 Å². The van der Waals surface area contributed by atoms with Crippen molar-refractivity contribution in [1.82, 2.24) is 0 Å². The molecule has 0 atom stereocenters. The molecule has 0 saturated heterocycles. The molecule has 0 bridgehead atoms. The zero-order valence-corrected chi connectivity index (χ0v) is 15.1. The maximum atomic E-state index is 12.8. The summed E-state index contributed by atoms with van der Waals surface area (Å²) in [6, 6.07) is 16.0. The van der Waals surface area contributed by atoms with Crippen LogP contribution in [0, 0.1) is 6.92 Å². The number of hydrogen-bond donors (Lipinski definition) is 1. The zero-order chi connectivity index (χ0) is 18.0. The number of benzene rings is 3. The van der Waals surface area contributed by atoms with Gasteiger partial charge in [-0.25, -0.2) is 8.42 Å².